The van der Waals surface area contributed by atoms with Crippen LogP contribution in [-0.2, 0) is 14.4 Å². The van der Waals surface area contributed by atoms with Crippen molar-refractivity contribution in [3.8, 4) is 0 Å². The molecule has 2 aromatic carbocycles. The molecule has 0 saturated carbocycles. The third-order valence-electron chi connectivity index (χ3n) is 3.65. The minimum Gasteiger partial charge on any atom is -0.326 e. The van der Waals surface area contributed by atoms with Gasteiger partial charge in [0.25, 0.3) is 0 Å². The Balaban J connectivity index is 1.99. The van der Waals surface area contributed by atoms with Crippen molar-refractivity contribution in [3.05, 3.63) is 54.1 Å². The van der Waals surface area contributed by atoms with Crippen molar-refractivity contribution >= 4 is 34.8 Å². The minimum absolute atomic E-state index is 0.0357. The summed E-state index contributed by atoms with van der Waals surface area (Å²) in [6.07, 6.45) is -0.0357. The van der Waals surface area contributed by atoms with E-state index >= 15 is 0 Å². The number of nitrogens with zero attached hydrogens (tertiary/aromatic N) is 1. The number of rotatable bonds is 6. The smallest absolute Gasteiger partial charge is 0.226 e. The van der Waals surface area contributed by atoms with Crippen LogP contribution < -0.4 is 15.5 Å². The molecule has 3 amide bonds. The van der Waals surface area contributed by atoms with E-state index in [0.717, 1.165) is 12.1 Å². The van der Waals surface area contributed by atoms with Gasteiger partial charge in [0.15, 0.2) is 11.6 Å². The Kier molecular flexibility index (Phi) is 6.59. The molecule has 0 saturated heterocycles. The molecule has 0 aromatic heterocycles. The molecule has 2 N–H and O–H groups in total. The number of hydrogen-bond acceptors (Lipinski definition) is 3. The predicted molar refractivity (Wildman–Crippen MR) is 98.4 cm³/mol. The zero-order chi connectivity index (χ0) is 20.0. The highest BCUT2D eigenvalue weighted by Gasteiger charge is 2.14. The maximum Gasteiger partial charge on any atom is 0.226 e. The lowest BCUT2D eigenvalue weighted by Gasteiger charge is -2.21. The van der Waals surface area contributed by atoms with Gasteiger partial charge in [-0.3, -0.25) is 14.4 Å². The Morgan fingerprint density at radius 1 is 0.889 bits per heavy atom. The topological polar surface area (TPSA) is 78.5 Å². The summed E-state index contributed by atoms with van der Waals surface area (Å²) in [6.45, 7) is 2.86. The Bertz CT molecular complexity index is 854. The number of benzene rings is 2. The average Bonchev–Trinajstić information content (AvgIpc) is 2.59. The van der Waals surface area contributed by atoms with E-state index in [0.29, 0.717) is 11.4 Å². The normalized spacial score (nSPS) is 10.2. The fourth-order valence-corrected chi connectivity index (χ4v) is 2.41. The van der Waals surface area contributed by atoms with Crippen LogP contribution in [0.3, 0.4) is 0 Å². The second-order valence-electron chi connectivity index (χ2n) is 5.83. The number of amides is 3. The van der Waals surface area contributed by atoms with Crippen LogP contribution in [-0.4, -0.2) is 24.3 Å². The number of nitrogens with one attached hydrogen (secondary N) is 2. The van der Waals surface area contributed by atoms with E-state index in [1.807, 2.05) is 0 Å². The average molecular weight is 375 g/mol. The Labute approximate surface area is 155 Å². The summed E-state index contributed by atoms with van der Waals surface area (Å²) in [5.41, 5.74) is 1.29. The van der Waals surface area contributed by atoms with Gasteiger partial charge in [-0.1, -0.05) is 0 Å². The van der Waals surface area contributed by atoms with E-state index in [1.165, 1.54) is 24.8 Å². The summed E-state index contributed by atoms with van der Waals surface area (Å²) in [6, 6.07) is 9.65. The SMILES string of the molecule is CC(=O)Nc1ccc(N(CCC(=O)Nc2ccc(F)c(F)c2)C(C)=O)cc1. The molecule has 2 aromatic rings. The zero-order valence-electron chi connectivity index (χ0n) is 14.9. The molecule has 6 nitrogen and oxygen atoms in total. The summed E-state index contributed by atoms with van der Waals surface area (Å²) in [5, 5.41) is 5.08. The van der Waals surface area contributed by atoms with Crippen LogP contribution in [0.1, 0.15) is 20.3 Å². The second-order valence-corrected chi connectivity index (χ2v) is 5.83. The van der Waals surface area contributed by atoms with Gasteiger partial charge in [-0.25, -0.2) is 8.78 Å². The van der Waals surface area contributed by atoms with E-state index in [4.69, 9.17) is 0 Å². The van der Waals surface area contributed by atoms with E-state index < -0.39 is 17.5 Å². The molecular formula is C19H19F2N3O3. The molecule has 0 atom stereocenters. The van der Waals surface area contributed by atoms with Crippen LogP contribution in [0.15, 0.2) is 42.5 Å². The quantitative estimate of drug-likeness (QED) is 0.813. The molecule has 2 rings (SSSR count). The lowest BCUT2D eigenvalue weighted by molar-refractivity contribution is -0.117. The summed E-state index contributed by atoms with van der Waals surface area (Å²) in [4.78, 5) is 36.4. The number of carbonyl (C=O) groups is 3. The largest absolute Gasteiger partial charge is 0.326 e. The molecular weight excluding hydrogens is 356 g/mol. The van der Waals surface area contributed by atoms with Gasteiger partial charge in [0, 0.05) is 49.9 Å². The first-order chi connectivity index (χ1) is 12.8. The predicted octanol–water partition coefficient (Wildman–Crippen LogP) is 3.30. The first-order valence-electron chi connectivity index (χ1n) is 8.17. The summed E-state index contributed by atoms with van der Waals surface area (Å²) in [7, 11) is 0. The number of anilines is 3. The number of hydrogen-bond donors (Lipinski definition) is 2. The van der Waals surface area contributed by atoms with Crippen molar-refractivity contribution in [2.45, 2.75) is 20.3 Å². The molecule has 0 radical (unpaired) electrons. The second kappa shape index (κ2) is 8.88. The Morgan fingerprint density at radius 2 is 1.52 bits per heavy atom. The highest BCUT2D eigenvalue weighted by Crippen LogP contribution is 2.19. The van der Waals surface area contributed by atoms with Crippen LogP contribution in [0.2, 0.25) is 0 Å². The molecule has 0 unspecified atom stereocenters. The van der Waals surface area contributed by atoms with Crippen molar-refractivity contribution < 1.29 is 23.2 Å². The van der Waals surface area contributed by atoms with E-state index in [2.05, 4.69) is 10.6 Å². The Hall–Kier alpha value is -3.29. The van der Waals surface area contributed by atoms with Crippen molar-refractivity contribution in [3.63, 3.8) is 0 Å². The number of carbonyl (C=O) groups excluding carboxylic acids is 3. The molecule has 0 aliphatic rings. The molecule has 142 valence electrons. The highest BCUT2D eigenvalue weighted by atomic mass is 19.2. The third-order valence-corrected chi connectivity index (χ3v) is 3.65. The summed E-state index contributed by atoms with van der Waals surface area (Å²) in [5.74, 6) is -2.97. The maximum absolute atomic E-state index is 13.2. The van der Waals surface area contributed by atoms with Gasteiger partial charge >= 0.3 is 0 Å². The summed E-state index contributed by atoms with van der Waals surface area (Å²) < 4.78 is 26.1. The van der Waals surface area contributed by atoms with Gasteiger partial charge in [-0.15, -0.1) is 0 Å². The lowest BCUT2D eigenvalue weighted by atomic mass is 10.2. The molecule has 0 aliphatic heterocycles. The van der Waals surface area contributed by atoms with E-state index in [-0.39, 0.29) is 30.5 Å². The van der Waals surface area contributed by atoms with Crippen LogP contribution in [0, 0.1) is 11.6 Å². The fourth-order valence-electron chi connectivity index (χ4n) is 2.41. The molecule has 0 heterocycles. The van der Waals surface area contributed by atoms with Gasteiger partial charge in [-0.2, -0.15) is 0 Å². The van der Waals surface area contributed by atoms with Gasteiger partial charge in [-0.05, 0) is 36.4 Å². The van der Waals surface area contributed by atoms with Crippen LogP contribution in [0.5, 0.6) is 0 Å². The van der Waals surface area contributed by atoms with Crippen LogP contribution in [0.25, 0.3) is 0 Å². The van der Waals surface area contributed by atoms with Gasteiger partial charge < -0.3 is 15.5 Å². The van der Waals surface area contributed by atoms with Crippen molar-refractivity contribution in [2.24, 2.45) is 0 Å². The maximum atomic E-state index is 13.2. The first-order valence-corrected chi connectivity index (χ1v) is 8.17. The van der Waals surface area contributed by atoms with Crippen molar-refractivity contribution in [1.29, 1.82) is 0 Å². The number of halogens is 2. The van der Waals surface area contributed by atoms with Gasteiger partial charge in [0.1, 0.15) is 0 Å². The first kappa shape index (κ1) is 20.0. The van der Waals surface area contributed by atoms with Crippen LogP contribution >= 0.6 is 0 Å². The third kappa shape index (κ3) is 5.88. The monoisotopic (exact) mass is 375 g/mol. The molecule has 0 spiro atoms. The molecule has 0 fully saturated rings. The molecule has 0 bridgehead atoms. The summed E-state index contributed by atoms with van der Waals surface area (Å²) >= 11 is 0. The minimum atomic E-state index is -1.06. The van der Waals surface area contributed by atoms with E-state index in [9.17, 15) is 23.2 Å². The standard InChI is InChI=1S/C19H19F2N3O3/c1-12(25)22-14-3-6-16(7-4-14)24(13(2)26)10-9-19(27)23-15-5-8-17(20)18(21)11-15/h3-8,11H,9-10H2,1-2H3,(H,22,25)(H,23,27). The zero-order valence-corrected chi connectivity index (χ0v) is 14.9. The highest BCUT2D eigenvalue weighted by molar-refractivity contribution is 5.95. The van der Waals surface area contributed by atoms with Crippen molar-refractivity contribution in [2.75, 3.05) is 22.1 Å². The van der Waals surface area contributed by atoms with Gasteiger partial charge in [0.05, 0.1) is 0 Å². The van der Waals surface area contributed by atoms with Crippen LogP contribution in [0.4, 0.5) is 25.8 Å². The van der Waals surface area contributed by atoms with E-state index in [1.54, 1.807) is 24.3 Å². The van der Waals surface area contributed by atoms with Gasteiger partial charge in [0.2, 0.25) is 17.7 Å². The molecule has 8 heteroatoms. The molecule has 0 aliphatic carbocycles. The fraction of sp³-hybridized carbons (Fsp3) is 0.211. The lowest BCUT2D eigenvalue weighted by Crippen LogP contribution is -2.32. The van der Waals surface area contributed by atoms with Crippen molar-refractivity contribution in [1.82, 2.24) is 0 Å². The Morgan fingerprint density at radius 3 is 2.07 bits per heavy atom. The molecule has 27 heavy (non-hydrogen) atoms.